The van der Waals surface area contributed by atoms with Crippen molar-refractivity contribution < 1.29 is 13.9 Å². The van der Waals surface area contributed by atoms with Crippen molar-refractivity contribution in [2.24, 2.45) is 0 Å². The molecular formula is C15H20FNO2. The maximum atomic E-state index is 13.7. The molecule has 1 aromatic rings. The van der Waals surface area contributed by atoms with E-state index in [0.717, 1.165) is 11.1 Å². The number of carbonyl (C=O) groups is 1. The normalized spacial score (nSPS) is 19.0. The molecule has 0 fully saturated rings. The molecule has 0 saturated carbocycles. The zero-order valence-electron chi connectivity index (χ0n) is 11.9. The molecule has 0 aromatic heterocycles. The summed E-state index contributed by atoms with van der Waals surface area (Å²) in [5.74, 6) is -0.187. The van der Waals surface area contributed by atoms with E-state index in [1.807, 2.05) is 33.8 Å². The van der Waals surface area contributed by atoms with Crippen molar-refractivity contribution in [2.45, 2.75) is 45.8 Å². The first-order valence-corrected chi connectivity index (χ1v) is 6.56. The molecule has 2 rings (SSSR count). The Balaban J connectivity index is 2.22. The molecule has 1 amide bonds. The lowest BCUT2D eigenvalue weighted by Gasteiger charge is -2.36. The first kappa shape index (κ1) is 13.8. The van der Waals surface area contributed by atoms with Gasteiger partial charge in [0.25, 0.3) is 0 Å². The van der Waals surface area contributed by atoms with Crippen molar-refractivity contribution >= 4 is 6.09 Å². The predicted octanol–water partition coefficient (Wildman–Crippen LogP) is 3.68. The highest BCUT2D eigenvalue weighted by Crippen LogP contribution is 2.31. The Labute approximate surface area is 113 Å². The molecule has 0 N–H and O–H groups in total. The average molecular weight is 265 g/mol. The van der Waals surface area contributed by atoms with Crippen molar-refractivity contribution in [2.75, 3.05) is 6.54 Å². The predicted molar refractivity (Wildman–Crippen MR) is 71.5 cm³/mol. The number of amides is 1. The number of fused-ring (bicyclic) bond motifs is 1. The quantitative estimate of drug-likeness (QED) is 0.716. The lowest BCUT2D eigenvalue weighted by atomic mass is 9.93. The third kappa shape index (κ3) is 2.88. The monoisotopic (exact) mass is 265 g/mol. The molecule has 0 spiro atoms. The van der Waals surface area contributed by atoms with Crippen LogP contribution in [-0.2, 0) is 11.2 Å². The summed E-state index contributed by atoms with van der Waals surface area (Å²) < 4.78 is 19.1. The number of halogens is 1. The average Bonchev–Trinajstić information content (AvgIpc) is 2.28. The van der Waals surface area contributed by atoms with Gasteiger partial charge in [-0.3, -0.25) is 0 Å². The van der Waals surface area contributed by atoms with Crippen molar-refractivity contribution in [1.82, 2.24) is 4.90 Å². The smallest absolute Gasteiger partial charge is 0.410 e. The van der Waals surface area contributed by atoms with E-state index in [-0.39, 0.29) is 18.0 Å². The van der Waals surface area contributed by atoms with E-state index in [4.69, 9.17) is 4.74 Å². The van der Waals surface area contributed by atoms with E-state index in [1.165, 1.54) is 6.07 Å². The molecule has 19 heavy (non-hydrogen) atoms. The van der Waals surface area contributed by atoms with Gasteiger partial charge < -0.3 is 9.64 Å². The van der Waals surface area contributed by atoms with Crippen LogP contribution >= 0.6 is 0 Å². The SMILES string of the molecule is C[C@H]1c2cccc(F)c2CCN1C(=O)OC(C)(C)C. The summed E-state index contributed by atoms with van der Waals surface area (Å²) in [5, 5.41) is 0. The Morgan fingerprint density at radius 3 is 2.74 bits per heavy atom. The van der Waals surface area contributed by atoms with E-state index in [2.05, 4.69) is 0 Å². The Morgan fingerprint density at radius 2 is 2.11 bits per heavy atom. The minimum Gasteiger partial charge on any atom is -0.444 e. The minimum atomic E-state index is -0.515. The number of hydrogen-bond acceptors (Lipinski definition) is 2. The van der Waals surface area contributed by atoms with Crippen LogP contribution < -0.4 is 0 Å². The van der Waals surface area contributed by atoms with Gasteiger partial charge in [-0.25, -0.2) is 9.18 Å². The van der Waals surface area contributed by atoms with Gasteiger partial charge in [-0.2, -0.15) is 0 Å². The van der Waals surface area contributed by atoms with Gasteiger partial charge in [0.05, 0.1) is 6.04 Å². The lowest BCUT2D eigenvalue weighted by molar-refractivity contribution is 0.0158. The van der Waals surface area contributed by atoms with Gasteiger partial charge in [0.15, 0.2) is 0 Å². The van der Waals surface area contributed by atoms with E-state index in [9.17, 15) is 9.18 Å². The third-order valence-corrected chi connectivity index (χ3v) is 3.30. The van der Waals surface area contributed by atoms with Crippen molar-refractivity contribution in [1.29, 1.82) is 0 Å². The molecule has 104 valence electrons. The number of ether oxygens (including phenoxy) is 1. The van der Waals surface area contributed by atoms with Gasteiger partial charge in [0.2, 0.25) is 0 Å². The summed E-state index contributed by atoms with van der Waals surface area (Å²) in [6.45, 7) is 7.92. The van der Waals surface area contributed by atoms with Crippen LogP contribution in [0.3, 0.4) is 0 Å². The maximum absolute atomic E-state index is 13.7. The fourth-order valence-corrected chi connectivity index (χ4v) is 2.39. The Morgan fingerprint density at radius 1 is 1.42 bits per heavy atom. The van der Waals surface area contributed by atoms with Crippen LogP contribution in [0.15, 0.2) is 18.2 Å². The largest absolute Gasteiger partial charge is 0.444 e. The summed E-state index contributed by atoms with van der Waals surface area (Å²) in [6.07, 6.45) is 0.195. The van der Waals surface area contributed by atoms with Crippen LogP contribution in [0, 0.1) is 5.82 Å². The van der Waals surface area contributed by atoms with Gasteiger partial charge in [-0.05, 0) is 51.3 Å². The van der Waals surface area contributed by atoms with Crippen LogP contribution in [0.2, 0.25) is 0 Å². The van der Waals surface area contributed by atoms with Gasteiger partial charge in [0, 0.05) is 6.54 Å². The highest BCUT2D eigenvalue weighted by Gasteiger charge is 2.31. The molecule has 3 nitrogen and oxygen atoms in total. The zero-order chi connectivity index (χ0) is 14.2. The molecule has 0 bridgehead atoms. The Hall–Kier alpha value is -1.58. The third-order valence-electron chi connectivity index (χ3n) is 3.30. The second-order valence-corrected chi connectivity index (χ2v) is 5.91. The van der Waals surface area contributed by atoms with Crippen molar-refractivity contribution in [3.63, 3.8) is 0 Å². The molecule has 1 aliphatic rings. The van der Waals surface area contributed by atoms with Crippen molar-refractivity contribution in [3.8, 4) is 0 Å². The highest BCUT2D eigenvalue weighted by molar-refractivity contribution is 5.69. The molecule has 0 radical (unpaired) electrons. The second-order valence-electron chi connectivity index (χ2n) is 5.91. The Kier molecular flexibility index (Phi) is 3.52. The standard InChI is InChI=1S/C15H20FNO2/c1-10-11-6-5-7-13(16)12(11)8-9-17(10)14(18)19-15(2,3)4/h5-7,10H,8-9H2,1-4H3/t10-/m0/s1. The summed E-state index contributed by atoms with van der Waals surface area (Å²) in [5.41, 5.74) is 1.07. The lowest BCUT2D eigenvalue weighted by Crippen LogP contribution is -2.42. The van der Waals surface area contributed by atoms with Crippen LogP contribution in [0.25, 0.3) is 0 Å². The maximum Gasteiger partial charge on any atom is 0.410 e. The topological polar surface area (TPSA) is 29.5 Å². The van der Waals surface area contributed by atoms with Crippen LogP contribution in [-0.4, -0.2) is 23.1 Å². The van der Waals surface area contributed by atoms with Crippen LogP contribution in [0.1, 0.15) is 44.9 Å². The molecule has 0 saturated heterocycles. The van der Waals surface area contributed by atoms with Crippen LogP contribution in [0.5, 0.6) is 0 Å². The second kappa shape index (κ2) is 4.83. The fourth-order valence-electron chi connectivity index (χ4n) is 2.39. The van der Waals surface area contributed by atoms with E-state index < -0.39 is 5.60 Å². The number of carbonyl (C=O) groups excluding carboxylic acids is 1. The molecule has 0 unspecified atom stereocenters. The van der Waals surface area contributed by atoms with E-state index >= 15 is 0 Å². The molecule has 1 aliphatic heterocycles. The number of rotatable bonds is 0. The zero-order valence-corrected chi connectivity index (χ0v) is 11.9. The first-order valence-electron chi connectivity index (χ1n) is 6.56. The fraction of sp³-hybridized carbons (Fsp3) is 0.533. The van der Waals surface area contributed by atoms with Gasteiger partial charge in [-0.15, -0.1) is 0 Å². The molecule has 1 atom stereocenters. The number of benzene rings is 1. The van der Waals surface area contributed by atoms with Gasteiger partial charge in [-0.1, -0.05) is 12.1 Å². The number of nitrogens with zero attached hydrogens (tertiary/aromatic N) is 1. The van der Waals surface area contributed by atoms with Gasteiger partial charge in [0.1, 0.15) is 11.4 Å². The molecule has 4 heteroatoms. The summed E-state index contributed by atoms with van der Waals surface area (Å²) in [4.78, 5) is 13.8. The van der Waals surface area contributed by atoms with Crippen molar-refractivity contribution in [3.05, 3.63) is 35.1 Å². The molecule has 0 aliphatic carbocycles. The molecule has 1 heterocycles. The van der Waals surface area contributed by atoms with Crippen LogP contribution in [0.4, 0.5) is 9.18 Å². The molecular weight excluding hydrogens is 245 g/mol. The van der Waals surface area contributed by atoms with E-state index in [0.29, 0.717) is 13.0 Å². The first-order chi connectivity index (χ1) is 8.79. The summed E-state index contributed by atoms with van der Waals surface area (Å²) in [7, 11) is 0. The number of hydrogen-bond donors (Lipinski definition) is 0. The Bertz CT molecular complexity index is 493. The minimum absolute atomic E-state index is 0.158. The van der Waals surface area contributed by atoms with Gasteiger partial charge >= 0.3 is 6.09 Å². The summed E-state index contributed by atoms with van der Waals surface area (Å²) in [6, 6.07) is 4.87. The van der Waals surface area contributed by atoms with E-state index in [1.54, 1.807) is 11.0 Å². The highest BCUT2D eigenvalue weighted by atomic mass is 19.1. The summed E-state index contributed by atoms with van der Waals surface area (Å²) >= 11 is 0. The molecule has 1 aromatic carbocycles.